The van der Waals surface area contributed by atoms with Gasteiger partial charge in [-0.3, -0.25) is 4.98 Å². The van der Waals surface area contributed by atoms with E-state index in [0.29, 0.717) is 12.6 Å². The zero-order valence-electron chi connectivity index (χ0n) is 9.23. The van der Waals surface area contributed by atoms with Gasteiger partial charge >= 0.3 is 0 Å². The van der Waals surface area contributed by atoms with Crippen molar-refractivity contribution in [2.45, 2.75) is 25.5 Å². The van der Waals surface area contributed by atoms with Crippen LogP contribution in [0.15, 0.2) is 12.3 Å². The van der Waals surface area contributed by atoms with Gasteiger partial charge in [-0.1, -0.05) is 0 Å². The first kappa shape index (κ1) is 10.2. The maximum Gasteiger partial charge on any atom is 0.165 e. The minimum Gasteiger partial charge on any atom is -0.486 e. The molecule has 15 heavy (non-hydrogen) atoms. The molecule has 0 unspecified atom stereocenters. The van der Waals surface area contributed by atoms with Gasteiger partial charge in [-0.2, -0.15) is 0 Å². The van der Waals surface area contributed by atoms with Crippen LogP contribution in [0.2, 0.25) is 0 Å². The molecule has 0 aliphatic heterocycles. The number of hydrogen-bond acceptors (Lipinski definition) is 4. The standard InChI is InChI=1S/C11H17N3O/c1-14(2)10-5-6-13-9(7-12)11(10)15-8-3-4-8/h5-6,8H,3-4,7,12H2,1-2H3. The maximum absolute atomic E-state index is 5.86. The van der Waals surface area contributed by atoms with Gasteiger partial charge in [-0.25, -0.2) is 0 Å². The van der Waals surface area contributed by atoms with E-state index in [4.69, 9.17) is 10.5 Å². The fourth-order valence-corrected chi connectivity index (χ4v) is 1.46. The van der Waals surface area contributed by atoms with E-state index in [1.807, 2.05) is 25.1 Å². The Morgan fingerprint density at radius 2 is 2.27 bits per heavy atom. The molecule has 1 aliphatic rings. The van der Waals surface area contributed by atoms with Crippen LogP contribution in [-0.2, 0) is 6.54 Å². The Kier molecular flexibility index (Phi) is 2.77. The van der Waals surface area contributed by atoms with Crippen molar-refractivity contribution in [3.8, 4) is 5.75 Å². The lowest BCUT2D eigenvalue weighted by molar-refractivity contribution is 0.299. The molecule has 4 nitrogen and oxygen atoms in total. The summed E-state index contributed by atoms with van der Waals surface area (Å²) in [5.41, 5.74) is 7.55. The second-order valence-electron chi connectivity index (χ2n) is 4.02. The third-order valence-corrected chi connectivity index (χ3v) is 2.44. The summed E-state index contributed by atoms with van der Waals surface area (Å²) >= 11 is 0. The second kappa shape index (κ2) is 4.06. The molecular weight excluding hydrogens is 190 g/mol. The number of hydrogen-bond donors (Lipinski definition) is 1. The Morgan fingerprint density at radius 3 is 2.80 bits per heavy atom. The van der Waals surface area contributed by atoms with Crippen LogP contribution >= 0.6 is 0 Å². The molecule has 4 heteroatoms. The summed E-state index contributed by atoms with van der Waals surface area (Å²) in [6.45, 7) is 0.420. The third-order valence-electron chi connectivity index (χ3n) is 2.44. The lowest BCUT2D eigenvalue weighted by atomic mass is 10.2. The topological polar surface area (TPSA) is 51.4 Å². The lowest BCUT2D eigenvalue weighted by Gasteiger charge is -2.19. The molecule has 2 rings (SSSR count). The maximum atomic E-state index is 5.86. The summed E-state index contributed by atoms with van der Waals surface area (Å²) in [5, 5.41) is 0. The minimum atomic E-state index is 0.373. The molecule has 0 spiro atoms. The van der Waals surface area contributed by atoms with Crippen LogP contribution in [0.3, 0.4) is 0 Å². The van der Waals surface area contributed by atoms with E-state index >= 15 is 0 Å². The molecule has 0 amide bonds. The second-order valence-corrected chi connectivity index (χ2v) is 4.02. The molecular formula is C11H17N3O. The van der Waals surface area contributed by atoms with Crippen LogP contribution in [0, 0.1) is 0 Å². The first-order chi connectivity index (χ1) is 7.22. The largest absolute Gasteiger partial charge is 0.486 e. The van der Waals surface area contributed by atoms with Crippen molar-refractivity contribution in [1.82, 2.24) is 4.98 Å². The normalized spacial score (nSPS) is 15.1. The van der Waals surface area contributed by atoms with Crippen LogP contribution < -0.4 is 15.4 Å². The van der Waals surface area contributed by atoms with E-state index in [-0.39, 0.29) is 0 Å². The van der Waals surface area contributed by atoms with E-state index in [0.717, 1.165) is 30.0 Å². The molecule has 1 saturated carbocycles. The molecule has 0 bridgehead atoms. The molecule has 0 aromatic carbocycles. The zero-order chi connectivity index (χ0) is 10.8. The first-order valence-corrected chi connectivity index (χ1v) is 5.24. The predicted molar refractivity (Wildman–Crippen MR) is 60.1 cm³/mol. The lowest BCUT2D eigenvalue weighted by Crippen LogP contribution is -2.14. The SMILES string of the molecule is CN(C)c1ccnc(CN)c1OC1CC1. The molecule has 82 valence electrons. The van der Waals surface area contributed by atoms with Gasteiger partial charge < -0.3 is 15.4 Å². The Morgan fingerprint density at radius 1 is 1.53 bits per heavy atom. The average molecular weight is 207 g/mol. The van der Waals surface area contributed by atoms with Crippen molar-refractivity contribution >= 4 is 5.69 Å². The number of anilines is 1. The number of pyridine rings is 1. The smallest absolute Gasteiger partial charge is 0.165 e. The molecule has 0 saturated heterocycles. The van der Waals surface area contributed by atoms with Gasteiger partial charge in [0.1, 0.15) is 0 Å². The number of nitrogens with two attached hydrogens (primary N) is 1. The molecule has 0 atom stereocenters. The molecule has 1 fully saturated rings. The van der Waals surface area contributed by atoms with Crippen molar-refractivity contribution in [1.29, 1.82) is 0 Å². The Hall–Kier alpha value is -1.29. The van der Waals surface area contributed by atoms with Crippen molar-refractivity contribution in [2.24, 2.45) is 5.73 Å². The Bertz CT molecular complexity index is 348. The molecule has 1 aromatic heterocycles. The average Bonchev–Trinajstić information content (AvgIpc) is 3.01. The summed E-state index contributed by atoms with van der Waals surface area (Å²) in [6, 6.07) is 1.96. The van der Waals surface area contributed by atoms with Crippen LogP contribution in [0.25, 0.3) is 0 Å². The summed E-state index contributed by atoms with van der Waals surface area (Å²) in [4.78, 5) is 6.27. The van der Waals surface area contributed by atoms with E-state index in [1.54, 1.807) is 6.20 Å². The zero-order valence-corrected chi connectivity index (χ0v) is 9.23. The fraction of sp³-hybridized carbons (Fsp3) is 0.545. The summed E-state index contributed by atoms with van der Waals surface area (Å²) in [7, 11) is 3.99. The first-order valence-electron chi connectivity index (χ1n) is 5.24. The van der Waals surface area contributed by atoms with E-state index in [2.05, 4.69) is 4.98 Å². The highest BCUT2D eigenvalue weighted by molar-refractivity contribution is 5.59. The van der Waals surface area contributed by atoms with Crippen LogP contribution in [-0.4, -0.2) is 25.2 Å². The predicted octanol–water partition coefficient (Wildman–Crippen LogP) is 1.15. The Balaban J connectivity index is 2.34. The van der Waals surface area contributed by atoms with E-state index in [9.17, 15) is 0 Å². The van der Waals surface area contributed by atoms with Gasteiger partial charge in [0.05, 0.1) is 17.5 Å². The third kappa shape index (κ3) is 2.21. The highest BCUT2D eigenvalue weighted by atomic mass is 16.5. The van der Waals surface area contributed by atoms with Gasteiger partial charge in [0, 0.05) is 26.8 Å². The quantitative estimate of drug-likeness (QED) is 0.804. The summed E-state index contributed by atoms with van der Waals surface area (Å²) in [6.07, 6.45) is 4.44. The van der Waals surface area contributed by atoms with Crippen LogP contribution in [0.1, 0.15) is 18.5 Å². The van der Waals surface area contributed by atoms with Crippen molar-refractivity contribution in [3.63, 3.8) is 0 Å². The van der Waals surface area contributed by atoms with Crippen LogP contribution in [0.4, 0.5) is 5.69 Å². The summed E-state index contributed by atoms with van der Waals surface area (Å²) < 4.78 is 5.86. The van der Waals surface area contributed by atoms with Crippen molar-refractivity contribution in [2.75, 3.05) is 19.0 Å². The number of aromatic nitrogens is 1. The number of nitrogens with zero attached hydrogens (tertiary/aromatic N) is 2. The molecule has 0 radical (unpaired) electrons. The van der Waals surface area contributed by atoms with Crippen molar-refractivity contribution in [3.05, 3.63) is 18.0 Å². The minimum absolute atomic E-state index is 0.373. The molecule has 1 aromatic rings. The Labute approximate surface area is 90.0 Å². The van der Waals surface area contributed by atoms with Gasteiger partial charge in [-0.15, -0.1) is 0 Å². The highest BCUT2D eigenvalue weighted by Crippen LogP contribution is 2.35. The number of rotatable bonds is 4. The van der Waals surface area contributed by atoms with Gasteiger partial charge in [0.15, 0.2) is 5.75 Å². The fourth-order valence-electron chi connectivity index (χ4n) is 1.46. The molecule has 1 heterocycles. The van der Waals surface area contributed by atoms with Gasteiger partial charge in [0.25, 0.3) is 0 Å². The van der Waals surface area contributed by atoms with Gasteiger partial charge in [0.2, 0.25) is 0 Å². The highest BCUT2D eigenvalue weighted by Gasteiger charge is 2.26. The number of ether oxygens (including phenoxy) is 1. The molecule has 2 N–H and O–H groups in total. The van der Waals surface area contributed by atoms with Gasteiger partial charge in [-0.05, 0) is 18.9 Å². The van der Waals surface area contributed by atoms with Crippen molar-refractivity contribution < 1.29 is 4.74 Å². The molecule has 1 aliphatic carbocycles. The summed E-state index contributed by atoms with van der Waals surface area (Å²) in [5.74, 6) is 0.854. The monoisotopic (exact) mass is 207 g/mol. The van der Waals surface area contributed by atoms with E-state index in [1.165, 1.54) is 0 Å². The van der Waals surface area contributed by atoms with Crippen LogP contribution in [0.5, 0.6) is 5.75 Å². The van der Waals surface area contributed by atoms with E-state index < -0.39 is 0 Å².